The molecule has 0 aliphatic carbocycles. The van der Waals surface area contributed by atoms with Crippen LogP contribution in [0.5, 0.6) is 0 Å². The van der Waals surface area contributed by atoms with E-state index >= 15 is 0 Å². The summed E-state index contributed by atoms with van der Waals surface area (Å²) in [5, 5.41) is 2.43. The molecule has 1 aliphatic heterocycles. The fraction of sp³-hybridized carbons (Fsp3) is 0.185. The van der Waals surface area contributed by atoms with Crippen molar-refractivity contribution in [2.24, 2.45) is 0 Å². The average Bonchev–Trinajstić information content (AvgIpc) is 3.09. The first-order valence-corrected chi connectivity index (χ1v) is 11.5. The Labute approximate surface area is 215 Å². The first kappa shape index (κ1) is 25.0. The highest BCUT2D eigenvalue weighted by atomic mass is 19.4. The molecule has 0 spiro atoms. The lowest BCUT2D eigenvalue weighted by Gasteiger charge is -2.22. The number of benzene rings is 2. The van der Waals surface area contributed by atoms with E-state index in [9.17, 15) is 22.8 Å². The summed E-state index contributed by atoms with van der Waals surface area (Å²) in [4.78, 5) is 44.0. The van der Waals surface area contributed by atoms with Gasteiger partial charge in [-0.15, -0.1) is 0 Å². The maximum atomic E-state index is 13.9. The highest BCUT2D eigenvalue weighted by Gasteiger charge is 2.47. The molecule has 4 aromatic rings. The standard InChI is InChI=1S/C27H21F3N6O2/c1-15-5-8-20-22(26(2,3)24(38)36(20)25-33-9-4-10-34-25)21(15)16-6-7-19(27(28,29)30)18(11-16)23(37)35-17-12-31-14-32-13-17/h4-14H,1-3H3,(H,35,37). The van der Waals surface area contributed by atoms with Gasteiger partial charge < -0.3 is 5.32 Å². The van der Waals surface area contributed by atoms with Gasteiger partial charge in [0.15, 0.2) is 0 Å². The zero-order chi connectivity index (χ0) is 27.2. The van der Waals surface area contributed by atoms with Gasteiger partial charge >= 0.3 is 6.18 Å². The Morgan fingerprint density at radius 3 is 2.37 bits per heavy atom. The molecule has 38 heavy (non-hydrogen) atoms. The Bertz CT molecular complexity index is 1560. The number of aryl methyl sites for hydroxylation is 1. The van der Waals surface area contributed by atoms with Crippen molar-refractivity contribution in [2.45, 2.75) is 32.4 Å². The van der Waals surface area contributed by atoms with Gasteiger partial charge in [0.05, 0.1) is 40.3 Å². The second-order valence-corrected chi connectivity index (χ2v) is 9.31. The number of carbonyl (C=O) groups is 2. The van der Waals surface area contributed by atoms with Gasteiger partial charge in [-0.2, -0.15) is 13.2 Å². The van der Waals surface area contributed by atoms with Crippen molar-refractivity contribution in [3.63, 3.8) is 0 Å². The summed E-state index contributed by atoms with van der Waals surface area (Å²) in [7, 11) is 0. The van der Waals surface area contributed by atoms with Gasteiger partial charge in [0.1, 0.15) is 6.33 Å². The van der Waals surface area contributed by atoms with Gasteiger partial charge in [0, 0.05) is 12.4 Å². The van der Waals surface area contributed by atoms with Gasteiger partial charge in [-0.25, -0.2) is 24.8 Å². The zero-order valence-corrected chi connectivity index (χ0v) is 20.5. The molecule has 0 unspecified atom stereocenters. The molecule has 2 aromatic heterocycles. The summed E-state index contributed by atoms with van der Waals surface area (Å²) in [5.41, 5.74) is 0.223. The van der Waals surface area contributed by atoms with Gasteiger partial charge in [-0.05, 0) is 67.3 Å². The molecule has 1 N–H and O–H groups in total. The minimum absolute atomic E-state index is 0.151. The molecule has 11 heteroatoms. The molecule has 0 radical (unpaired) electrons. The first-order valence-electron chi connectivity index (χ1n) is 11.5. The maximum Gasteiger partial charge on any atom is 0.417 e. The SMILES string of the molecule is Cc1ccc2c(c1-c1ccc(C(F)(F)F)c(C(=O)Nc3cncnc3)c1)C(C)(C)C(=O)N2c1ncccn1. The van der Waals surface area contributed by atoms with Gasteiger partial charge in [-0.3, -0.25) is 9.59 Å². The predicted molar refractivity (Wildman–Crippen MR) is 134 cm³/mol. The summed E-state index contributed by atoms with van der Waals surface area (Å²) in [6.07, 6.45) is 2.07. The van der Waals surface area contributed by atoms with E-state index in [0.717, 1.165) is 11.6 Å². The molecule has 2 aromatic carbocycles. The fourth-order valence-electron chi connectivity index (χ4n) is 4.68. The van der Waals surface area contributed by atoms with E-state index in [0.29, 0.717) is 22.4 Å². The number of carbonyl (C=O) groups excluding carboxylic acids is 2. The van der Waals surface area contributed by atoms with Crippen molar-refractivity contribution in [1.29, 1.82) is 0 Å². The number of halogens is 3. The van der Waals surface area contributed by atoms with Crippen LogP contribution in [0.15, 0.2) is 67.5 Å². The topological polar surface area (TPSA) is 101 Å². The Morgan fingerprint density at radius 2 is 1.71 bits per heavy atom. The molecule has 192 valence electrons. The molecular weight excluding hydrogens is 497 g/mol. The van der Waals surface area contributed by atoms with E-state index in [2.05, 4.69) is 25.3 Å². The molecule has 0 atom stereocenters. The third-order valence-corrected chi connectivity index (χ3v) is 6.42. The number of hydrogen-bond donors (Lipinski definition) is 1. The van der Waals surface area contributed by atoms with Crippen LogP contribution < -0.4 is 10.2 Å². The number of alkyl halides is 3. The van der Waals surface area contributed by atoms with Crippen LogP contribution in [0.1, 0.15) is 40.9 Å². The monoisotopic (exact) mass is 518 g/mol. The number of fused-ring (bicyclic) bond motifs is 1. The smallest absolute Gasteiger partial charge is 0.319 e. The van der Waals surface area contributed by atoms with Crippen LogP contribution in [0.4, 0.5) is 30.5 Å². The number of hydrogen-bond acceptors (Lipinski definition) is 6. The lowest BCUT2D eigenvalue weighted by molar-refractivity contribution is -0.137. The van der Waals surface area contributed by atoms with E-state index in [1.54, 1.807) is 39.0 Å². The number of rotatable bonds is 4. The van der Waals surface area contributed by atoms with Gasteiger partial charge in [0.25, 0.3) is 5.91 Å². The second kappa shape index (κ2) is 9.02. The Balaban J connectivity index is 1.70. The van der Waals surface area contributed by atoms with Crippen LogP contribution in [-0.4, -0.2) is 31.8 Å². The van der Waals surface area contributed by atoms with Crippen LogP contribution in [0.2, 0.25) is 0 Å². The Hall–Kier alpha value is -4.67. The molecule has 8 nitrogen and oxygen atoms in total. The minimum Gasteiger partial charge on any atom is -0.319 e. The third kappa shape index (κ3) is 4.15. The fourth-order valence-corrected chi connectivity index (χ4v) is 4.68. The van der Waals surface area contributed by atoms with E-state index in [1.165, 1.54) is 48.1 Å². The molecule has 2 amide bonds. The zero-order valence-electron chi connectivity index (χ0n) is 20.5. The highest BCUT2D eigenvalue weighted by Crippen LogP contribution is 2.50. The largest absolute Gasteiger partial charge is 0.417 e. The van der Waals surface area contributed by atoms with Crippen molar-refractivity contribution in [2.75, 3.05) is 10.2 Å². The van der Waals surface area contributed by atoms with Crippen LogP contribution in [0.25, 0.3) is 11.1 Å². The van der Waals surface area contributed by atoms with Gasteiger partial charge in [0.2, 0.25) is 11.9 Å². The number of nitrogens with one attached hydrogen (secondary N) is 1. The van der Waals surface area contributed by atoms with Crippen molar-refractivity contribution >= 4 is 29.1 Å². The summed E-state index contributed by atoms with van der Waals surface area (Å²) >= 11 is 0. The predicted octanol–water partition coefficient (Wildman–Crippen LogP) is 5.47. The first-order chi connectivity index (χ1) is 18.0. The minimum atomic E-state index is -4.78. The normalized spacial score (nSPS) is 14.4. The van der Waals surface area contributed by atoms with Crippen LogP contribution in [0.3, 0.4) is 0 Å². The number of anilines is 3. The quantitative estimate of drug-likeness (QED) is 0.385. The van der Waals surface area contributed by atoms with Crippen LogP contribution >= 0.6 is 0 Å². The van der Waals surface area contributed by atoms with Crippen molar-refractivity contribution in [3.8, 4) is 11.1 Å². The third-order valence-electron chi connectivity index (χ3n) is 6.42. The number of aromatic nitrogens is 4. The summed E-state index contributed by atoms with van der Waals surface area (Å²) in [5.74, 6) is -1.05. The molecule has 0 saturated carbocycles. The van der Waals surface area contributed by atoms with Crippen LogP contribution in [0, 0.1) is 6.92 Å². The number of nitrogens with zero attached hydrogens (tertiary/aromatic N) is 5. The van der Waals surface area contributed by atoms with Crippen LogP contribution in [-0.2, 0) is 16.4 Å². The summed E-state index contributed by atoms with van der Waals surface area (Å²) < 4.78 is 41.8. The molecule has 0 bridgehead atoms. The molecule has 1 aliphatic rings. The molecule has 0 saturated heterocycles. The van der Waals surface area contributed by atoms with Gasteiger partial charge in [-0.1, -0.05) is 12.1 Å². The lowest BCUT2D eigenvalue weighted by Crippen LogP contribution is -2.34. The Kier molecular flexibility index (Phi) is 5.93. The number of amides is 2. The summed E-state index contributed by atoms with van der Waals surface area (Å²) in [6, 6.07) is 8.57. The van der Waals surface area contributed by atoms with E-state index in [4.69, 9.17) is 0 Å². The van der Waals surface area contributed by atoms with E-state index in [-0.39, 0.29) is 17.5 Å². The van der Waals surface area contributed by atoms with Crippen molar-refractivity contribution < 1.29 is 22.8 Å². The lowest BCUT2D eigenvalue weighted by atomic mass is 9.79. The van der Waals surface area contributed by atoms with E-state index in [1.807, 2.05) is 0 Å². The molecule has 5 rings (SSSR count). The summed E-state index contributed by atoms with van der Waals surface area (Å²) in [6.45, 7) is 5.29. The average molecular weight is 518 g/mol. The van der Waals surface area contributed by atoms with Crippen molar-refractivity contribution in [1.82, 2.24) is 19.9 Å². The van der Waals surface area contributed by atoms with E-state index < -0.39 is 28.6 Å². The highest BCUT2D eigenvalue weighted by molar-refractivity contribution is 6.14. The maximum absolute atomic E-state index is 13.9. The molecule has 0 fully saturated rings. The molecule has 3 heterocycles. The second-order valence-electron chi connectivity index (χ2n) is 9.31. The molecular formula is C27H21F3N6O2. The van der Waals surface area contributed by atoms with Crippen molar-refractivity contribution in [3.05, 3.63) is 89.8 Å². The Morgan fingerprint density at radius 1 is 1.03 bits per heavy atom.